The molecule has 4 nitrogen and oxygen atoms in total. The first-order chi connectivity index (χ1) is 9.20. The van der Waals surface area contributed by atoms with Gasteiger partial charge in [-0.1, -0.05) is 35.0 Å². The molecule has 2 aromatic carbocycles. The quantitative estimate of drug-likeness (QED) is 0.781. The van der Waals surface area contributed by atoms with Crippen molar-refractivity contribution in [2.45, 2.75) is 6.61 Å². The number of benzene rings is 2. The highest BCUT2D eigenvalue weighted by Crippen LogP contribution is 2.31. The molecule has 1 N–H and O–H groups in total. The number of aliphatic hydroxyl groups excluding tert-OH is 1. The summed E-state index contributed by atoms with van der Waals surface area (Å²) in [6, 6.07) is 11.3. The Kier molecular flexibility index (Phi) is 2.97. The van der Waals surface area contributed by atoms with Gasteiger partial charge in [-0.05, 0) is 29.3 Å². The molecule has 0 spiro atoms. The summed E-state index contributed by atoms with van der Waals surface area (Å²) >= 11 is 5.91. The van der Waals surface area contributed by atoms with Crippen LogP contribution < -0.4 is 0 Å². The maximum Gasteiger partial charge on any atom is 0.121 e. The van der Waals surface area contributed by atoms with Crippen LogP contribution in [0.1, 0.15) is 5.56 Å². The molecule has 0 unspecified atom stereocenters. The van der Waals surface area contributed by atoms with Gasteiger partial charge < -0.3 is 5.11 Å². The van der Waals surface area contributed by atoms with Gasteiger partial charge in [0.2, 0.25) is 0 Å². The molecule has 1 aromatic heterocycles. The van der Waals surface area contributed by atoms with Crippen molar-refractivity contribution >= 4 is 22.6 Å². The lowest BCUT2D eigenvalue weighted by atomic mass is 9.98. The van der Waals surface area contributed by atoms with E-state index in [-0.39, 0.29) is 6.61 Å². The second kappa shape index (κ2) is 4.64. The molecule has 0 radical (unpaired) electrons. The highest BCUT2D eigenvalue weighted by Gasteiger charge is 2.13. The van der Waals surface area contributed by atoms with Crippen molar-refractivity contribution in [1.82, 2.24) is 15.0 Å². The first-order valence-electron chi connectivity index (χ1n) is 5.89. The third-order valence-electron chi connectivity index (χ3n) is 3.17. The van der Waals surface area contributed by atoms with Gasteiger partial charge in [0.05, 0.1) is 12.1 Å². The van der Waals surface area contributed by atoms with Crippen molar-refractivity contribution in [3.05, 3.63) is 47.0 Å². The number of hydrogen-bond acceptors (Lipinski definition) is 3. The van der Waals surface area contributed by atoms with E-state index in [4.69, 9.17) is 11.6 Å². The average molecular weight is 274 g/mol. The van der Waals surface area contributed by atoms with Crippen LogP contribution in [0.2, 0.25) is 5.02 Å². The normalized spacial score (nSPS) is 11.1. The van der Waals surface area contributed by atoms with Crippen LogP contribution >= 0.6 is 11.6 Å². The number of hydrogen-bond donors (Lipinski definition) is 1. The Morgan fingerprint density at radius 1 is 1.16 bits per heavy atom. The molecule has 3 aromatic rings. The predicted octanol–water partition coefficient (Wildman–Crippen LogP) is 2.78. The summed E-state index contributed by atoms with van der Waals surface area (Å²) in [5.41, 5.74) is 4.43. The van der Waals surface area contributed by atoms with Gasteiger partial charge in [-0.3, -0.25) is 0 Å². The lowest BCUT2D eigenvalue weighted by molar-refractivity contribution is 0.282. The summed E-state index contributed by atoms with van der Waals surface area (Å²) < 4.78 is 1.72. The monoisotopic (exact) mass is 273 g/mol. The molecule has 0 atom stereocenters. The van der Waals surface area contributed by atoms with Gasteiger partial charge in [0.15, 0.2) is 0 Å². The smallest absolute Gasteiger partial charge is 0.121 e. The predicted molar refractivity (Wildman–Crippen MR) is 74.9 cm³/mol. The zero-order valence-corrected chi connectivity index (χ0v) is 11.1. The highest BCUT2D eigenvalue weighted by atomic mass is 35.5. The molecule has 5 heteroatoms. The fourth-order valence-corrected chi connectivity index (χ4v) is 2.34. The molecule has 0 saturated heterocycles. The van der Waals surface area contributed by atoms with Gasteiger partial charge in [-0.25, -0.2) is 4.68 Å². The van der Waals surface area contributed by atoms with Gasteiger partial charge in [0, 0.05) is 17.6 Å². The summed E-state index contributed by atoms with van der Waals surface area (Å²) in [6.07, 6.45) is 0. The van der Waals surface area contributed by atoms with Crippen LogP contribution in [-0.2, 0) is 13.7 Å². The van der Waals surface area contributed by atoms with Crippen LogP contribution in [0.4, 0.5) is 0 Å². The fourth-order valence-electron chi connectivity index (χ4n) is 2.21. The number of aliphatic hydroxyl groups is 1. The Morgan fingerprint density at radius 3 is 2.58 bits per heavy atom. The summed E-state index contributed by atoms with van der Waals surface area (Å²) in [6.45, 7) is -0.0372. The van der Waals surface area contributed by atoms with E-state index in [2.05, 4.69) is 10.3 Å². The van der Waals surface area contributed by atoms with E-state index in [9.17, 15) is 5.11 Å². The van der Waals surface area contributed by atoms with Gasteiger partial charge in [0.25, 0.3) is 0 Å². The highest BCUT2D eigenvalue weighted by molar-refractivity contribution is 6.30. The summed E-state index contributed by atoms with van der Waals surface area (Å²) in [5, 5.41) is 18.4. The third-order valence-corrected chi connectivity index (χ3v) is 3.43. The zero-order valence-electron chi connectivity index (χ0n) is 10.3. The molecule has 0 aliphatic heterocycles. The molecule has 1 heterocycles. The van der Waals surface area contributed by atoms with E-state index < -0.39 is 0 Å². The molecule has 0 fully saturated rings. The van der Waals surface area contributed by atoms with Gasteiger partial charge in [-0.2, -0.15) is 0 Å². The standard InChI is InChI=1S/C14H12ClN3O/c1-18-12-7-4-10(8-19)13(14(12)16-17-18)9-2-5-11(15)6-3-9/h2-7,19H,8H2,1H3. The van der Waals surface area contributed by atoms with E-state index in [1.54, 1.807) is 4.68 Å². The van der Waals surface area contributed by atoms with Crippen LogP contribution in [0.5, 0.6) is 0 Å². The Balaban J connectivity index is 2.33. The van der Waals surface area contributed by atoms with Gasteiger partial charge in [0.1, 0.15) is 5.52 Å². The number of aryl methyl sites for hydroxylation is 1. The van der Waals surface area contributed by atoms with Crippen LogP contribution in [0.25, 0.3) is 22.2 Å². The van der Waals surface area contributed by atoms with Crippen molar-refractivity contribution in [3.8, 4) is 11.1 Å². The van der Waals surface area contributed by atoms with Crippen molar-refractivity contribution in [3.63, 3.8) is 0 Å². The molecule has 3 rings (SSSR count). The topological polar surface area (TPSA) is 50.9 Å². The Labute approximate surface area is 115 Å². The molecule has 19 heavy (non-hydrogen) atoms. The molecular weight excluding hydrogens is 262 g/mol. The molecule has 0 amide bonds. The second-order valence-corrected chi connectivity index (χ2v) is 4.78. The molecular formula is C14H12ClN3O. The zero-order chi connectivity index (χ0) is 13.4. The number of nitrogens with zero attached hydrogens (tertiary/aromatic N) is 3. The summed E-state index contributed by atoms with van der Waals surface area (Å²) in [4.78, 5) is 0. The maximum absolute atomic E-state index is 9.52. The average Bonchev–Trinajstić information content (AvgIpc) is 2.81. The Bertz CT molecular complexity index is 734. The number of rotatable bonds is 2. The molecule has 0 saturated carbocycles. The second-order valence-electron chi connectivity index (χ2n) is 4.35. The van der Waals surface area contributed by atoms with E-state index in [0.717, 1.165) is 27.7 Å². The van der Waals surface area contributed by atoms with E-state index in [1.807, 2.05) is 43.4 Å². The summed E-state index contributed by atoms with van der Waals surface area (Å²) in [5.74, 6) is 0. The minimum absolute atomic E-state index is 0.0372. The number of fused-ring (bicyclic) bond motifs is 1. The number of aromatic nitrogens is 3. The third kappa shape index (κ3) is 1.99. The van der Waals surface area contributed by atoms with Gasteiger partial charge in [-0.15, -0.1) is 5.10 Å². The van der Waals surface area contributed by atoms with Crippen molar-refractivity contribution < 1.29 is 5.11 Å². The van der Waals surface area contributed by atoms with Crippen LogP contribution in [0, 0.1) is 0 Å². The minimum atomic E-state index is -0.0372. The first kappa shape index (κ1) is 12.1. The minimum Gasteiger partial charge on any atom is -0.392 e. The largest absolute Gasteiger partial charge is 0.392 e. The van der Waals surface area contributed by atoms with Crippen LogP contribution in [0.3, 0.4) is 0 Å². The fraction of sp³-hybridized carbons (Fsp3) is 0.143. The Morgan fingerprint density at radius 2 is 1.89 bits per heavy atom. The molecule has 0 bridgehead atoms. The van der Waals surface area contributed by atoms with Crippen molar-refractivity contribution in [1.29, 1.82) is 0 Å². The van der Waals surface area contributed by atoms with E-state index in [1.165, 1.54) is 0 Å². The Hall–Kier alpha value is -1.91. The number of halogens is 1. The molecule has 0 aliphatic rings. The molecule has 0 aliphatic carbocycles. The first-order valence-corrected chi connectivity index (χ1v) is 6.26. The van der Waals surface area contributed by atoms with Gasteiger partial charge >= 0.3 is 0 Å². The maximum atomic E-state index is 9.52. The van der Waals surface area contributed by atoms with Crippen LogP contribution in [0.15, 0.2) is 36.4 Å². The van der Waals surface area contributed by atoms with E-state index in [0.29, 0.717) is 5.02 Å². The summed E-state index contributed by atoms with van der Waals surface area (Å²) in [7, 11) is 1.85. The lowest BCUT2D eigenvalue weighted by Gasteiger charge is -2.08. The van der Waals surface area contributed by atoms with Crippen molar-refractivity contribution in [2.75, 3.05) is 0 Å². The van der Waals surface area contributed by atoms with Crippen molar-refractivity contribution in [2.24, 2.45) is 7.05 Å². The lowest BCUT2D eigenvalue weighted by Crippen LogP contribution is -1.93. The molecule has 96 valence electrons. The van der Waals surface area contributed by atoms with E-state index >= 15 is 0 Å². The SMILES string of the molecule is Cn1nnc2c(-c3ccc(Cl)cc3)c(CO)ccc21. The van der Waals surface area contributed by atoms with Crippen LogP contribution in [-0.4, -0.2) is 20.1 Å².